The number of rotatable bonds is 7. The van der Waals surface area contributed by atoms with Gasteiger partial charge < -0.3 is 20.3 Å². The van der Waals surface area contributed by atoms with Crippen molar-refractivity contribution in [3.63, 3.8) is 0 Å². The molecule has 7 heteroatoms. The second-order valence-corrected chi connectivity index (χ2v) is 4.91. The number of ether oxygens (including phenoxy) is 2. The monoisotopic (exact) mass is 329 g/mol. The van der Waals surface area contributed by atoms with E-state index in [2.05, 4.69) is 5.43 Å². The van der Waals surface area contributed by atoms with Crippen molar-refractivity contribution in [2.24, 2.45) is 11.6 Å². The number of carboxylic acid groups (broad SMARTS) is 1. The lowest BCUT2D eigenvalue weighted by Crippen LogP contribution is -2.29. The van der Waals surface area contributed by atoms with Gasteiger partial charge in [-0.25, -0.2) is 10.6 Å². The number of hydrogen-bond acceptors (Lipinski definition) is 6. The Bertz CT molecular complexity index is 742. The number of carboxylic acids is 1. The highest BCUT2D eigenvalue weighted by Gasteiger charge is 2.11. The van der Waals surface area contributed by atoms with Gasteiger partial charge in [-0.05, 0) is 28.8 Å². The lowest BCUT2D eigenvalue weighted by molar-refractivity contribution is -0.133. The van der Waals surface area contributed by atoms with Crippen LogP contribution in [0.3, 0.4) is 0 Å². The number of hydrogen-bond donors (Lipinski definition) is 4. The molecule has 126 valence electrons. The molecule has 0 atom stereocenters. The minimum absolute atomic E-state index is 0.131. The van der Waals surface area contributed by atoms with Crippen molar-refractivity contribution < 1.29 is 19.4 Å². The minimum Gasteiger partial charge on any atom is -0.497 e. The molecule has 0 radical (unpaired) electrons. The summed E-state index contributed by atoms with van der Waals surface area (Å²) in [6.07, 6.45) is 0. The molecule has 6 N–H and O–H groups in total. The Balaban J connectivity index is 2.09. The Morgan fingerprint density at radius 1 is 1.17 bits per heavy atom. The van der Waals surface area contributed by atoms with Crippen molar-refractivity contribution in [2.75, 3.05) is 7.11 Å². The van der Waals surface area contributed by atoms with E-state index in [0.717, 1.165) is 22.4 Å². The Kier molecular flexibility index (Phi) is 5.64. The van der Waals surface area contributed by atoms with Crippen molar-refractivity contribution in [3.8, 4) is 16.9 Å². The smallest absolute Gasteiger partial charge is 0.357 e. The SMILES string of the molecule is COc1cccc(-c2ccc(CO/C(NN)=C(/N)C(=O)O)cc2)c1. The highest BCUT2D eigenvalue weighted by atomic mass is 16.5. The summed E-state index contributed by atoms with van der Waals surface area (Å²) in [5.74, 6) is 4.51. The van der Waals surface area contributed by atoms with Crippen LogP contribution < -0.4 is 21.7 Å². The number of nitrogens with one attached hydrogen (secondary N) is 1. The van der Waals surface area contributed by atoms with E-state index in [9.17, 15) is 4.79 Å². The summed E-state index contributed by atoms with van der Waals surface area (Å²) < 4.78 is 10.5. The summed E-state index contributed by atoms with van der Waals surface area (Å²) in [7, 11) is 1.62. The van der Waals surface area contributed by atoms with Crippen molar-refractivity contribution >= 4 is 5.97 Å². The summed E-state index contributed by atoms with van der Waals surface area (Å²) in [6.45, 7) is 0.131. The van der Waals surface area contributed by atoms with E-state index >= 15 is 0 Å². The van der Waals surface area contributed by atoms with Gasteiger partial charge in [0, 0.05) is 0 Å². The third kappa shape index (κ3) is 4.17. The van der Waals surface area contributed by atoms with Crippen LogP contribution in [-0.4, -0.2) is 18.2 Å². The van der Waals surface area contributed by atoms with E-state index in [1.807, 2.05) is 48.5 Å². The molecule has 0 amide bonds. The fourth-order valence-corrected chi connectivity index (χ4v) is 2.05. The van der Waals surface area contributed by atoms with E-state index < -0.39 is 11.7 Å². The van der Waals surface area contributed by atoms with E-state index in [0.29, 0.717) is 0 Å². The molecular weight excluding hydrogens is 310 g/mol. The van der Waals surface area contributed by atoms with Gasteiger partial charge in [-0.3, -0.25) is 5.43 Å². The van der Waals surface area contributed by atoms with Crippen LogP contribution in [0.2, 0.25) is 0 Å². The molecule has 0 aliphatic rings. The van der Waals surface area contributed by atoms with Gasteiger partial charge >= 0.3 is 5.97 Å². The molecule has 7 nitrogen and oxygen atoms in total. The number of hydrazine groups is 1. The molecular formula is C17H19N3O4. The topological polar surface area (TPSA) is 120 Å². The molecule has 2 aromatic rings. The van der Waals surface area contributed by atoms with Crippen LogP contribution >= 0.6 is 0 Å². The van der Waals surface area contributed by atoms with E-state index in [1.54, 1.807) is 7.11 Å². The number of benzene rings is 2. The fourth-order valence-electron chi connectivity index (χ4n) is 2.05. The minimum atomic E-state index is -1.31. The number of aliphatic carboxylic acids is 1. The number of carbonyl (C=O) groups is 1. The van der Waals surface area contributed by atoms with Gasteiger partial charge in [0.05, 0.1) is 7.11 Å². The first-order chi connectivity index (χ1) is 11.5. The van der Waals surface area contributed by atoms with Gasteiger partial charge in [-0.1, -0.05) is 36.4 Å². The van der Waals surface area contributed by atoms with Gasteiger partial charge in [-0.2, -0.15) is 0 Å². The molecule has 0 bridgehead atoms. The Morgan fingerprint density at radius 2 is 1.88 bits per heavy atom. The molecule has 0 spiro atoms. The maximum absolute atomic E-state index is 10.8. The van der Waals surface area contributed by atoms with Crippen molar-refractivity contribution in [2.45, 2.75) is 6.61 Å². The quantitative estimate of drug-likeness (QED) is 0.263. The van der Waals surface area contributed by atoms with E-state index in [-0.39, 0.29) is 12.5 Å². The average Bonchev–Trinajstić information content (AvgIpc) is 2.62. The van der Waals surface area contributed by atoms with Crippen molar-refractivity contribution in [3.05, 3.63) is 65.7 Å². The molecule has 24 heavy (non-hydrogen) atoms. The van der Waals surface area contributed by atoms with Gasteiger partial charge in [-0.15, -0.1) is 0 Å². The molecule has 0 aliphatic carbocycles. The average molecular weight is 329 g/mol. The third-order valence-corrected chi connectivity index (χ3v) is 3.35. The van der Waals surface area contributed by atoms with Gasteiger partial charge in [0.2, 0.25) is 5.88 Å². The largest absolute Gasteiger partial charge is 0.497 e. The van der Waals surface area contributed by atoms with E-state index in [1.165, 1.54) is 0 Å². The zero-order valence-electron chi connectivity index (χ0n) is 13.2. The first-order valence-corrected chi connectivity index (χ1v) is 7.11. The fraction of sp³-hybridized carbons (Fsp3) is 0.118. The molecule has 0 saturated heterocycles. The number of nitrogens with two attached hydrogens (primary N) is 2. The first-order valence-electron chi connectivity index (χ1n) is 7.11. The highest BCUT2D eigenvalue weighted by molar-refractivity contribution is 5.85. The summed E-state index contributed by atoms with van der Waals surface area (Å²) >= 11 is 0. The maximum Gasteiger partial charge on any atom is 0.357 e. The van der Waals surface area contributed by atoms with Crippen LogP contribution in [0.5, 0.6) is 5.75 Å². The van der Waals surface area contributed by atoms with Gasteiger partial charge in [0.15, 0.2) is 5.70 Å². The summed E-state index contributed by atoms with van der Waals surface area (Å²) in [4.78, 5) is 10.8. The maximum atomic E-state index is 10.8. The van der Waals surface area contributed by atoms with Gasteiger partial charge in [0.1, 0.15) is 12.4 Å². The highest BCUT2D eigenvalue weighted by Crippen LogP contribution is 2.24. The van der Waals surface area contributed by atoms with Crippen LogP contribution in [0, 0.1) is 0 Å². The molecule has 0 unspecified atom stereocenters. The first kappa shape index (κ1) is 17.2. The van der Waals surface area contributed by atoms with Crippen LogP contribution in [0.15, 0.2) is 60.1 Å². The van der Waals surface area contributed by atoms with Crippen LogP contribution in [0.1, 0.15) is 5.56 Å². The van der Waals surface area contributed by atoms with Crippen molar-refractivity contribution in [1.82, 2.24) is 5.43 Å². The summed E-state index contributed by atoms with van der Waals surface area (Å²) in [5.41, 5.74) is 9.92. The Morgan fingerprint density at radius 3 is 2.46 bits per heavy atom. The molecule has 2 aromatic carbocycles. The normalized spacial score (nSPS) is 11.4. The summed E-state index contributed by atoms with van der Waals surface area (Å²) in [6, 6.07) is 15.4. The molecule has 0 aliphatic heterocycles. The predicted octanol–water partition coefficient (Wildman–Crippen LogP) is 1.55. The molecule has 0 saturated carbocycles. The Hall–Kier alpha value is -3.19. The molecule has 0 fully saturated rings. The second kappa shape index (κ2) is 7.89. The number of methoxy groups -OCH3 is 1. The van der Waals surface area contributed by atoms with Crippen molar-refractivity contribution in [1.29, 1.82) is 0 Å². The van der Waals surface area contributed by atoms with Crippen LogP contribution in [-0.2, 0) is 16.1 Å². The molecule has 2 rings (SSSR count). The molecule has 0 heterocycles. The molecule has 0 aromatic heterocycles. The van der Waals surface area contributed by atoms with E-state index in [4.69, 9.17) is 26.2 Å². The van der Waals surface area contributed by atoms with Gasteiger partial charge in [0.25, 0.3) is 0 Å². The van der Waals surface area contributed by atoms with Crippen LogP contribution in [0.25, 0.3) is 11.1 Å². The lowest BCUT2D eigenvalue weighted by atomic mass is 10.0. The lowest BCUT2D eigenvalue weighted by Gasteiger charge is -2.11. The second-order valence-electron chi connectivity index (χ2n) is 4.91. The standard InChI is InChI=1S/C17H19N3O4/c1-23-14-4-2-3-13(9-14)12-7-5-11(6-8-12)10-24-16(20-19)15(18)17(21)22/h2-9,20H,10,18-19H2,1H3,(H,21,22)/b16-15+. The summed E-state index contributed by atoms with van der Waals surface area (Å²) in [5, 5.41) is 8.82. The van der Waals surface area contributed by atoms with Crippen LogP contribution in [0.4, 0.5) is 0 Å². The predicted molar refractivity (Wildman–Crippen MR) is 89.4 cm³/mol. The zero-order chi connectivity index (χ0) is 17.5. The zero-order valence-corrected chi connectivity index (χ0v) is 13.2. The Labute approximate surface area is 139 Å². The third-order valence-electron chi connectivity index (χ3n) is 3.35.